The molecule has 4 N–H and O–H groups in total. The van der Waals surface area contributed by atoms with E-state index in [2.05, 4.69) is 15.5 Å². The van der Waals surface area contributed by atoms with Crippen LogP contribution in [0.4, 0.5) is 10.5 Å². The predicted molar refractivity (Wildman–Crippen MR) is 88.7 cm³/mol. The molecule has 0 fully saturated rings. The highest BCUT2D eigenvalue weighted by Crippen LogP contribution is 2.44. The Morgan fingerprint density at radius 2 is 2.13 bits per heavy atom. The first-order chi connectivity index (χ1) is 11.1. The molecule has 1 aliphatic rings. The Balaban J connectivity index is 1.92. The Kier molecular flexibility index (Phi) is 2.85. The van der Waals surface area contributed by atoms with Crippen molar-refractivity contribution in [1.82, 2.24) is 10.2 Å². The van der Waals surface area contributed by atoms with Crippen LogP contribution in [-0.2, 0) is 0 Å². The van der Waals surface area contributed by atoms with Gasteiger partial charge in [-0.3, -0.25) is 9.89 Å². The number of nitrogens with one attached hydrogen (secondary N) is 2. The van der Waals surface area contributed by atoms with Gasteiger partial charge in [0.1, 0.15) is 5.69 Å². The summed E-state index contributed by atoms with van der Waals surface area (Å²) in [6, 6.07) is 6.54. The van der Waals surface area contributed by atoms with Crippen molar-refractivity contribution in [2.24, 2.45) is 5.73 Å². The van der Waals surface area contributed by atoms with Crippen molar-refractivity contribution >= 4 is 28.8 Å². The van der Waals surface area contributed by atoms with Crippen molar-refractivity contribution in [1.29, 1.82) is 0 Å². The van der Waals surface area contributed by atoms with Crippen LogP contribution in [0.15, 0.2) is 29.6 Å². The number of primary amides is 1. The summed E-state index contributed by atoms with van der Waals surface area (Å²) in [5.74, 6) is -0.157. The monoisotopic (exact) mass is 324 g/mol. The fourth-order valence-corrected chi connectivity index (χ4v) is 3.84. The van der Waals surface area contributed by atoms with Gasteiger partial charge in [-0.2, -0.15) is 5.10 Å². The number of nitrogens with two attached hydrogens (primary N) is 1. The number of carbonyl (C=O) groups is 2. The number of aromatic nitrogens is 2. The van der Waals surface area contributed by atoms with E-state index in [-0.39, 0.29) is 5.78 Å². The number of fused-ring (bicyclic) bond motifs is 3. The zero-order valence-corrected chi connectivity index (χ0v) is 13.0. The van der Waals surface area contributed by atoms with E-state index in [1.54, 1.807) is 23.5 Å². The number of urea groups is 1. The van der Waals surface area contributed by atoms with Gasteiger partial charge in [0.25, 0.3) is 0 Å². The van der Waals surface area contributed by atoms with Crippen molar-refractivity contribution in [2.75, 3.05) is 5.32 Å². The molecule has 0 atom stereocenters. The van der Waals surface area contributed by atoms with Gasteiger partial charge in [-0.05, 0) is 30.0 Å². The summed E-state index contributed by atoms with van der Waals surface area (Å²) in [7, 11) is 0. The predicted octanol–water partition coefficient (Wildman–Crippen LogP) is 3.15. The number of amides is 2. The molecule has 4 rings (SSSR count). The summed E-state index contributed by atoms with van der Waals surface area (Å²) < 4.78 is 0. The third-order valence-electron chi connectivity index (χ3n) is 3.89. The van der Waals surface area contributed by atoms with Gasteiger partial charge in [0.2, 0.25) is 0 Å². The van der Waals surface area contributed by atoms with Crippen LogP contribution in [0.1, 0.15) is 21.5 Å². The summed E-state index contributed by atoms with van der Waals surface area (Å²) >= 11 is 1.56. The number of aromatic amines is 1. The van der Waals surface area contributed by atoms with Gasteiger partial charge in [0, 0.05) is 5.56 Å². The standard InChI is InChI=1S/C16H12N4O2S/c1-7-5-6-23-15(7)13-11-12(19-20-13)8-3-2-4-9(18-16(17)22)10(8)14(11)21/h2-6H,1H3,(H,19,20)(H3,17,18,22). The Bertz CT molecular complexity index is 970. The van der Waals surface area contributed by atoms with Gasteiger partial charge in [0.05, 0.1) is 27.4 Å². The van der Waals surface area contributed by atoms with E-state index in [9.17, 15) is 9.59 Å². The van der Waals surface area contributed by atoms with Crippen LogP contribution >= 0.6 is 11.3 Å². The molecule has 0 spiro atoms. The number of ketones is 1. The molecule has 114 valence electrons. The lowest BCUT2D eigenvalue weighted by Gasteiger charge is -2.07. The second kappa shape index (κ2) is 4.79. The average Bonchev–Trinajstić information content (AvgIpc) is 3.16. The van der Waals surface area contributed by atoms with Crippen LogP contribution in [-0.4, -0.2) is 22.0 Å². The number of nitrogens with zero attached hydrogens (tertiary/aromatic N) is 1. The fourth-order valence-electron chi connectivity index (χ4n) is 2.91. The molecule has 0 unspecified atom stereocenters. The van der Waals surface area contributed by atoms with Crippen molar-refractivity contribution in [3.05, 3.63) is 46.3 Å². The molecule has 0 bridgehead atoms. The Morgan fingerprint density at radius 1 is 1.30 bits per heavy atom. The van der Waals surface area contributed by atoms with Crippen LogP contribution < -0.4 is 11.1 Å². The smallest absolute Gasteiger partial charge is 0.316 e. The van der Waals surface area contributed by atoms with Crippen LogP contribution in [0.2, 0.25) is 0 Å². The zero-order valence-electron chi connectivity index (χ0n) is 12.1. The van der Waals surface area contributed by atoms with Gasteiger partial charge in [-0.25, -0.2) is 4.79 Å². The molecule has 0 radical (unpaired) electrons. The molecule has 6 nitrogen and oxygen atoms in total. The van der Waals surface area contributed by atoms with E-state index in [0.717, 1.165) is 16.1 Å². The second-order valence-corrected chi connectivity index (χ2v) is 6.22. The highest BCUT2D eigenvalue weighted by atomic mass is 32.1. The number of benzene rings is 1. The number of carbonyl (C=O) groups excluding carboxylic acids is 2. The lowest BCUT2D eigenvalue weighted by Crippen LogP contribution is -2.20. The second-order valence-electron chi connectivity index (χ2n) is 5.30. The highest BCUT2D eigenvalue weighted by molar-refractivity contribution is 7.13. The molecule has 1 aromatic carbocycles. The van der Waals surface area contributed by atoms with Crippen LogP contribution in [0.3, 0.4) is 0 Å². The average molecular weight is 324 g/mol. The molecule has 2 heterocycles. The number of H-pyrrole nitrogens is 1. The van der Waals surface area contributed by atoms with Crippen molar-refractivity contribution in [2.45, 2.75) is 6.92 Å². The van der Waals surface area contributed by atoms with E-state index in [0.29, 0.717) is 28.1 Å². The normalized spacial score (nSPS) is 12.1. The molecule has 2 aromatic heterocycles. The minimum atomic E-state index is -0.702. The fraction of sp³-hybridized carbons (Fsp3) is 0.0625. The van der Waals surface area contributed by atoms with Crippen molar-refractivity contribution in [3.63, 3.8) is 0 Å². The number of hydrogen-bond donors (Lipinski definition) is 3. The summed E-state index contributed by atoms with van der Waals surface area (Å²) in [4.78, 5) is 25.1. The van der Waals surface area contributed by atoms with Crippen molar-refractivity contribution < 1.29 is 9.59 Å². The van der Waals surface area contributed by atoms with E-state index in [1.807, 2.05) is 24.4 Å². The molecular weight excluding hydrogens is 312 g/mol. The van der Waals surface area contributed by atoms with Crippen LogP contribution in [0.5, 0.6) is 0 Å². The van der Waals surface area contributed by atoms with E-state index < -0.39 is 6.03 Å². The van der Waals surface area contributed by atoms with Crippen LogP contribution in [0, 0.1) is 6.92 Å². The minimum absolute atomic E-state index is 0.157. The lowest BCUT2D eigenvalue weighted by atomic mass is 10.1. The topological polar surface area (TPSA) is 101 Å². The quantitative estimate of drug-likeness (QED) is 0.528. The van der Waals surface area contributed by atoms with Crippen LogP contribution in [0.25, 0.3) is 21.8 Å². The van der Waals surface area contributed by atoms with Gasteiger partial charge < -0.3 is 11.1 Å². The number of anilines is 1. The number of aryl methyl sites for hydroxylation is 1. The van der Waals surface area contributed by atoms with Gasteiger partial charge in [0.15, 0.2) is 5.78 Å². The lowest BCUT2D eigenvalue weighted by molar-refractivity contribution is 0.104. The van der Waals surface area contributed by atoms with E-state index in [1.165, 1.54) is 0 Å². The minimum Gasteiger partial charge on any atom is -0.351 e. The molecule has 23 heavy (non-hydrogen) atoms. The number of rotatable bonds is 2. The third-order valence-corrected chi connectivity index (χ3v) is 4.92. The Hall–Kier alpha value is -2.93. The van der Waals surface area contributed by atoms with Gasteiger partial charge in [-0.15, -0.1) is 11.3 Å². The molecule has 1 aliphatic carbocycles. The SMILES string of the molecule is Cc1ccsc1-c1[nH]nc2c1C(=O)c1c(NC(N)=O)cccc1-2. The number of hydrogen-bond acceptors (Lipinski definition) is 4. The first kappa shape index (κ1) is 13.7. The first-order valence-corrected chi connectivity index (χ1v) is 7.83. The number of thiophene rings is 1. The molecule has 0 saturated carbocycles. The molecule has 2 amide bonds. The van der Waals surface area contributed by atoms with Gasteiger partial charge >= 0.3 is 6.03 Å². The Morgan fingerprint density at radius 3 is 2.83 bits per heavy atom. The van der Waals surface area contributed by atoms with Crippen molar-refractivity contribution in [3.8, 4) is 21.8 Å². The van der Waals surface area contributed by atoms with E-state index in [4.69, 9.17) is 5.73 Å². The summed E-state index contributed by atoms with van der Waals surface area (Å²) in [5, 5.41) is 11.8. The molecular formula is C16H12N4O2S. The Labute approximate surface area is 135 Å². The molecule has 3 aromatic rings. The maximum Gasteiger partial charge on any atom is 0.316 e. The zero-order chi connectivity index (χ0) is 16.1. The maximum absolute atomic E-state index is 12.9. The summed E-state index contributed by atoms with van der Waals surface area (Å²) in [6.07, 6.45) is 0. The van der Waals surface area contributed by atoms with Gasteiger partial charge in [-0.1, -0.05) is 12.1 Å². The molecule has 7 heteroatoms. The summed E-state index contributed by atoms with van der Waals surface area (Å²) in [5.41, 5.74) is 9.70. The largest absolute Gasteiger partial charge is 0.351 e. The third kappa shape index (κ3) is 1.90. The maximum atomic E-state index is 12.9. The van der Waals surface area contributed by atoms with E-state index >= 15 is 0 Å². The molecule has 0 aliphatic heterocycles. The molecule has 0 saturated heterocycles. The summed E-state index contributed by atoms with van der Waals surface area (Å²) in [6.45, 7) is 1.99. The first-order valence-electron chi connectivity index (χ1n) is 6.95. The highest BCUT2D eigenvalue weighted by Gasteiger charge is 2.35.